The Bertz CT molecular complexity index is 1570. The first-order chi connectivity index (χ1) is 15.4. The Hall–Kier alpha value is -3.91. The van der Waals surface area contributed by atoms with Gasteiger partial charge in [0.2, 0.25) is 5.78 Å². The molecule has 0 bridgehead atoms. The normalized spacial score (nSPS) is 12.6. The molecule has 8 heteroatoms. The van der Waals surface area contributed by atoms with Crippen molar-refractivity contribution >= 4 is 16.9 Å². The molecule has 0 spiro atoms. The Balaban J connectivity index is 1.80. The number of nitrogens with zero attached hydrogens (tertiary/aromatic N) is 5. The summed E-state index contributed by atoms with van der Waals surface area (Å²) in [6.07, 6.45) is 1.07. The lowest BCUT2D eigenvalue weighted by molar-refractivity contribution is 0.158. The van der Waals surface area contributed by atoms with Crippen LogP contribution >= 0.6 is 0 Å². The first-order valence-corrected chi connectivity index (χ1v) is 10.3. The third-order valence-corrected chi connectivity index (χ3v) is 5.94. The van der Waals surface area contributed by atoms with E-state index >= 15 is 0 Å². The van der Waals surface area contributed by atoms with E-state index in [2.05, 4.69) is 4.98 Å². The van der Waals surface area contributed by atoms with Crippen molar-refractivity contribution in [1.82, 2.24) is 23.1 Å². The number of aromatic nitrogens is 5. The van der Waals surface area contributed by atoms with Gasteiger partial charge in [0.05, 0.1) is 18.3 Å². The molecule has 0 aliphatic carbocycles. The Morgan fingerprint density at radius 2 is 1.66 bits per heavy atom. The van der Waals surface area contributed by atoms with Gasteiger partial charge in [0, 0.05) is 20.3 Å². The molecule has 32 heavy (non-hydrogen) atoms. The lowest BCUT2D eigenvalue weighted by Crippen LogP contribution is -2.37. The summed E-state index contributed by atoms with van der Waals surface area (Å²) in [4.78, 5) is 30.0. The van der Waals surface area contributed by atoms with Crippen LogP contribution in [-0.2, 0) is 20.6 Å². The van der Waals surface area contributed by atoms with Crippen LogP contribution < -0.4 is 11.2 Å². The number of aryl methyl sites for hydroxylation is 2. The molecule has 0 aliphatic heterocycles. The third kappa shape index (κ3) is 2.99. The van der Waals surface area contributed by atoms with Gasteiger partial charge in [-0.15, -0.1) is 0 Å². The van der Waals surface area contributed by atoms with Crippen molar-refractivity contribution in [2.75, 3.05) is 0 Å². The molecule has 0 unspecified atom stereocenters. The molecule has 2 aromatic carbocycles. The van der Waals surface area contributed by atoms with E-state index in [0.717, 1.165) is 27.0 Å². The van der Waals surface area contributed by atoms with Crippen LogP contribution in [0, 0.1) is 6.92 Å². The molecule has 3 aromatic heterocycles. The zero-order valence-electron chi connectivity index (χ0n) is 18.1. The van der Waals surface area contributed by atoms with Crippen molar-refractivity contribution in [1.29, 1.82) is 0 Å². The summed E-state index contributed by atoms with van der Waals surface area (Å²) in [5.41, 5.74) is 3.47. The fourth-order valence-corrected chi connectivity index (χ4v) is 4.10. The average molecular weight is 429 g/mol. The van der Waals surface area contributed by atoms with E-state index in [9.17, 15) is 14.7 Å². The van der Waals surface area contributed by atoms with Crippen LogP contribution in [0.1, 0.15) is 17.2 Å². The number of imidazole rings is 2. The summed E-state index contributed by atoms with van der Waals surface area (Å²) >= 11 is 0. The number of hydrogen-bond donors (Lipinski definition) is 1. The topological polar surface area (TPSA) is 86.5 Å². The second kappa shape index (κ2) is 7.35. The van der Waals surface area contributed by atoms with Crippen LogP contribution in [0.4, 0.5) is 0 Å². The van der Waals surface area contributed by atoms with Crippen LogP contribution in [0.5, 0.6) is 0 Å². The lowest BCUT2D eigenvalue weighted by atomic mass is 10.1. The van der Waals surface area contributed by atoms with Crippen LogP contribution in [0.3, 0.4) is 0 Å². The van der Waals surface area contributed by atoms with Crippen molar-refractivity contribution < 1.29 is 5.11 Å². The SMILES string of the molecule is Cc1ccc(-c2cn3c4c(=O)n(C)c(=O)n(C)c4nc3n2C[C@@H](O)c2ccccc2)cc1. The Morgan fingerprint density at radius 1 is 0.969 bits per heavy atom. The summed E-state index contributed by atoms with van der Waals surface area (Å²) in [5, 5.41) is 11.0. The predicted molar refractivity (Wildman–Crippen MR) is 123 cm³/mol. The number of aliphatic hydroxyl groups is 1. The molecule has 0 amide bonds. The van der Waals surface area contributed by atoms with Crippen molar-refractivity contribution in [3.8, 4) is 11.3 Å². The Labute approximate surface area is 183 Å². The van der Waals surface area contributed by atoms with Crippen LogP contribution in [0.2, 0.25) is 0 Å². The molecule has 0 aliphatic rings. The van der Waals surface area contributed by atoms with E-state index < -0.39 is 17.4 Å². The minimum atomic E-state index is -0.775. The fraction of sp³-hybridized carbons (Fsp3) is 0.208. The molecular weight excluding hydrogens is 406 g/mol. The van der Waals surface area contributed by atoms with E-state index in [0.29, 0.717) is 16.9 Å². The molecular formula is C24H23N5O3. The number of rotatable bonds is 4. The summed E-state index contributed by atoms with van der Waals surface area (Å²) in [6, 6.07) is 17.5. The highest BCUT2D eigenvalue weighted by Gasteiger charge is 2.22. The average Bonchev–Trinajstić information content (AvgIpc) is 3.34. The van der Waals surface area contributed by atoms with E-state index in [1.165, 1.54) is 11.6 Å². The summed E-state index contributed by atoms with van der Waals surface area (Å²) < 4.78 is 6.06. The van der Waals surface area contributed by atoms with E-state index in [4.69, 9.17) is 0 Å². The first kappa shape index (κ1) is 20.0. The van der Waals surface area contributed by atoms with Gasteiger partial charge in [-0.3, -0.25) is 18.3 Å². The zero-order chi connectivity index (χ0) is 22.6. The van der Waals surface area contributed by atoms with Gasteiger partial charge in [0.25, 0.3) is 5.56 Å². The Kier molecular flexibility index (Phi) is 4.60. The van der Waals surface area contributed by atoms with Crippen LogP contribution in [-0.4, -0.2) is 28.2 Å². The van der Waals surface area contributed by atoms with Crippen LogP contribution in [0.25, 0.3) is 28.2 Å². The largest absolute Gasteiger partial charge is 0.387 e. The maximum absolute atomic E-state index is 13.0. The minimum absolute atomic E-state index is 0.237. The number of benzene rings is 2. The van der Waals surface area contributed by atoms with Gasteiger partial charge in [-0.25, -0.2) is 4.79 Å². The van der Waals surface area contributed by atoms with Gasteiger partial charge in [-0.1, -0.05) is 60.2 Å². The highest BCUT2D eigenvalue weighted by atomic mass is 16.3. The number of aliphatic hydroxyl groups excluding tert-OH is 1. The van der Waals surface area contributed by atoms with E-state index in [1.807, 2.05) is 72.3 Å². The van der Waals surface area contributed by atoms with Gasteiger partial charge in [0.1, 0.15) is 0 Å². The maximum atomic E-state index is 13.0. The first-order valence-electron chi connectivity index (χ1n) is 10.3. The molecule has 1 N–H and O–H groups in total. The van der Waals surface area contributed by atoms with Crippen molar-refractivity contribution in [3.05, 3.63) is 92.8 Å². The predicted octanol–water partition coefficient (Wildman–Crippen LogP) is 2.40. The standard InChI is InChI=1S/C24H23N5O3/c1-15-9-11-16(12-10-15)18-13-29-20-21(26(2)24(32)27(3)22(20)31)25-23(29)28(18)14-19(30)17-7-5-4-6-8-17/h4-13,19,30H,14H2,1-3H3/t19-/m1/s1. The second-order valence-corrected chi connectivity index (χ2v) is 8.08. The molecule has 5 rings (SSSR count). The highest BCUT2D eigenvalue weighted by Crippen LogP contribution is 2.28. The van der Waals surface area contributed by atoms with Gasteiger partial charge < -0.3 is 9.67 Å². The molecule has 3 heterocycles. The minimum Gasteiger partial charge on any atom is -0.387 e. The van der Waals surface area contributed by atoms with E-state index in [-0.39, 0.29) is 6.54 Å². The van der Waals surface area contributed by atoms with Gasteiger partial charge in [0.15, 0.2) is 11.2 Å². The quantitative estimate of drug-likeness (QED) is 0.475. The molecule has 5 aromatic rings. The third-order valence-electron chi connectivity index (χ3n) is 5.94. The lowest BCUT2D eigenvalue weighted by Gasteiger charge is -2.15. The second-order valence-electron chi connectivity index (χ2n) is 8.08. The van der Waals surface area contributed by atoms with E-state index in [1.54, 1.807) is 11.4 Å². The highest BCUT2D eigenvalue weighted by molar-refractivity contribution is 5.78. The molecule has 0 saturated carbocycles. The molecule has 0 saturated heterocycles. The maximum Gasteiger partial charge on any atom is 0.332 e. The van der Waals surface area contributed by atoms with Gasteiger partial charge >= 0.3 is 5.69 Å². The van der Waals surface area contributed by atoms with Crippen LogP contribution in [0.15, 0.2) is 70.4 Å². The summed E-state index contributed by atoms with van der Waals surface area (Å²) in [7, 11) is 3.06. The Morgan fingerprint density at radius 3 is 2.34 bits per heavy atom. The summed E-state index contributed by atoms with van der Waals surface area (Å²) in [6.45, 7) is 2.26. The smallest absolute Gasteiger partial charge is 0.332 e. The molecule has 162 valence electrons. The fourth-order valence-electron chi connectivity index (χ4n) is 4.10. The molecule has 8 nitrogen and oxygen atoms in total. The summed E-state index contributed by atoms with van der Waals surface area (Å²) in [5.74, 6) is 0.490. The van der Waals surface area contributed by atoms with Crippen molar-refractivity contribution in [3.63, 3.8) is 0 Å². The zero-order valence-corrected chi connectivity index (χ0v) is 18.1. The van der Waals surface area contributed by atoms with Gasteiger partial charge in [-0.2, -0.15) is 4.98 Å². The van der Waals surface area contributed by atoms with Crippen molar-refractivity contribution in [2.45, 2.75) is 19.6 Å². The monoisotopic (exact) mass is 429 g/mol. The molecule has 0 radical (unpaired) electrons. The number of fused-ring (bicyclic) bond motifs is 3. The molecule has 1 atom stereocenters. The molecule has 0 fully saturated rings. The number of hydrogen-bond acceptors (Lipinski definition) is 4. The van der Waals surface area contributed by atoms with Gasteiger partial charge in [-0.05, 0) is 18.1 Å². The van der Waals surface area contributed by atoms with Crippen molar-refractivity contribution in [2.24, 2.45) is 14.1 Å².